The Labute approximate surface area is 172 Å². The molecule has 2 fully saturated rings. The molecule has 0 radical (unpaired) electrons. The lowest BCUT2D eigenvalue weighted by molar-refractivity contribution is 0.116. The van der Waals surface area contributed by atoms with Crippen LogP contribution in [0.1, 0.15) is 46.0 Å². The molecule has 0 nitrogen and oxygen atoms in total. The molecule has 0 aromatic heterocycles. The summed E-state index contributed by atoms with van der Waals surface area (Å²) in [6, 6.07) is 0. The lowest BCUT2D eigenvalue weighted by Gasteiger charge is -2.42. The summed E-state index contributed by atoms with van der Waals surface area (Å²) in [5.74, 6) is 5.64. The summed E-state index contributed by atoms with van der Waals surface area (Å²) in [6.07, 6.45) is 26.5. The van der Waals surface area contributed by atoms with Crippen molar-refractivity contribution in [3.63, 3.8) is 0 Å². The highest BCUT2D eigenvalue weighted by atomic mass is 127. The van der Waals surface area contributed by atoms with Crippen LogP contribution in [-0.2, 0) is 0 Å². The van der Waals surface area contributed by atoms with E-state index in [1.807, 2.05) is 0 Å². The third-order valence-corrected chi connectivity index (χ3v) is 9.25. The predicted molar refractivity (Wildman–Crippen MR) is 119 cm³/mol. The molecule has 0 saturated heterocycles. The van der Waals surface area contributed by atoms with Gasteiger partial charge in [0, 0.05) is 5.92 Å². The lowest BCUT2D eigenvalue weighted by Crippen LogP contribution is -2.34. The second-order valence-corrected chi connectivity index (χ2v) is 11.3. The van der Waals surface area contributed by atoms with Crippen molar-refractivity contribution in [2.75, 3.05) is 0 Å². The van der Waals surface area contributed by atoms with Gasteiger partial charge in [-0.2, -0.15) is 0 Å². The van der Waals surface area contributed by atoms with Gasteiger partial charge in [0.1, 0.15) is 0 Å². The van der Waals surface area contributed by atoms with Crippen molar-refractivity contribution in [2.24, 2.45) is 46.8 Å². The van der Waals surface area contributed by atoms with Gasteiger partial charge in [0.05, 0.1) is 0 Å². The summed E-state index contributed by atoms with van der Waals surface area (Å²) in [6.45, 7) is 5.13. The van der Waals surface area contributed by atoms with Gasteiger partial charge in [0.25, 0.3) is 0 Å². The Morgan fingerprint density at radius 1 is 0.885 bits per heavy atom. The third kappa shape index (κ3) is 2.75. The van der Waals surface area contributed by atoms with E-state index >= 15 is 0 Å². The van der Waals surface area contributed by atoms with E-state index in [1.165, 1.54) is 32.1 Å². The lowest BCUT2D eigenvalue weighted by atomic mass is 9.62. The molecule has 0 heterocycles. The summed E-state index contributed by atoms with van der Waals surface area (Å²) >= 11 is 2.55. The Bertz CT molecular complexity index is 731. The highest BCUT2D eigenvalue weighted by Gasteiger charge is 2.53. The fraction of sp³-hybridized carbons (Fsp3) is 0.600. The fourth-order valence-electron chi connectivity index (χ4n) is 6.88. The maximum Gasteiger partial charge on any atom is 0.00169 e. The zero-order valence-electron chi connectivity index (χ0n) is 16.1. The predicted octanol–water partition coefficient (Wildman–Crippen LogP) is 7.26. The van der Waals surface area contributed by atoms with Crippen LogP contribution in [0.25, 0.3) is 0 Å². The van der Waals surface area contributed by atoms with Crippen molar-refractivity contribution in [3.8, 4) is 0 Å². The van der Waals surface area contributed by atoms with Crippen LogP contribution in [0.3, 0.4) is 0 Å². The molecule has 0 amide bonds. The van der Waals surface area contributed by atoms with E-state index in [-0.39, 0.29) is 0 Å². The van der Waals surface area contributed by atoms with Gasteiger partial charge in [-0.25, -0.2) is 0 Å². The first-order valence-electron chi connectivity index (χ1n) is 10.6. The second kappa shape index (κ2) is 6.50. The van der Waals surface area contributed by atoms with Crippen LogP contribution in [-0.4, -0.2) is 0 Å². The van der Waals surface area contributed by atoms with Crippen LogP contribution >= 0.6 is 22.6 Å². The zero-order valence-corrected chi connectivity index (χ0v) is 18.2. The number of allylic oxidation sites excluding steroid dienone is 10. The molecule has 7 atom stereocenters. The smallest absolute Gasteiger partial charge is 0.00169 e. The first kappa shape index (κ1) is 17.5. The minimum atomic E-state index is 0.439. The van der Waals surface area contributed by atoms with Gasteiger partial charge >= 0.3 is 0 Å². The maximum atomic E-state index is 2.64. The van der Waals surface area contributed by atoms with Crippen LogP contribution < -0.4 is 0 Å². The summed E-state index contributed by atoms with van der Waals surface area (Å²) < 4.78 is 1.54. The largest absolute Gasteiger partial charge is 0.0845 e. The first-order chi connectivity index (χ1) is 12.5. The zero-order chi connectivity index (χ0) is 17.9. The van der Waals surface area contributed by atoms with Crippen LogP contribution in [0.4, 0.5) is 0 Å². The maximum absolute atomic E-state index is 2.64. The van der Waals surface area contributed by atoms with E-state index in [9.17, 15) is 0 Å². The Morgan fingerprint density at radius 3 is 2.54 bits per heavy atom. The molecule has 1 heteroatoms. The SMILES string of the molecule is CC1(C)C2CC(I)=CC=C2C2C=C[C@H](C3CCC4C=CC=CC4C3)C[C@@H]21. The second-order valence-electron chi connectivity index (χ2n) is 9.95. The minimum Gasteiger partial charge on any atom is -0.0845 e. The molecular formula is C25H31I. The molecule has 5 aliphatic rings. The Kier molecular flexibility index (Phi) is 4.38. The quantitative estimate of drug-likeness (QED) is 0.287. The van der Waals surface area contributed by atoms with Crippen molar-refractivity contribution in [2.45, 2.75) is 46.0 Å². The van der Waals surface area contributed by atoms with Crippen LogP contribution in [0.2, 0.25) is 0 Å². The Morgan fingerprint density at radius 2 is 1.69 bits per heavy atom. The van der Waals surface area contributed by atoms with E-state index in [1.54, 1.807) is 9.15 Å². The molecule has 0 N–H and O–H groups in total. The van der Waals surface area contributed by atoms with E-state index in [0.717, 1.165) is 35.5 Å². The number of fused-ring (bicyclic) bond motifs is 4. The summed E-state index contributed by atoms with van der Waals surface area (Å²) in [5, 5.41) is 0. The molecule has 138 valence electrons. The van der Waals surface area contributed by atoms with E-state index in [4.69, 9.17) is 0 Å². The van der Waals surface area contributed by atoms with Crippen LogP contribution in [0.5, 0.6) is 0 Å². The average Bonchev–Trinajstić information content (AvgIpc) is 2.88. The molecule has 0 spiro atoms. The van der Waals surface area contributed by atoms with Gasteiger partial charge in [-0.15, -0.1) is 0 Å². The van der Waals surface area contributed by atoms with Gasteiger partial charge < -0.3 is 0 Å². The third-order valence-electron chi connectivity index (χ3n) is 8.45. The Hall–Kier alpha value is -0.570. The molecular weight excluding hydrogens is 427 g/mol. The van der Waals surface area contributed by atoms with Crippen molar-refractivity contribution < 1.29 is 0 Å². The number of halogens is 1. The van der Waals surface area contributed by atoms with Gasteiger partial charge in [-0.1, -0.05) is 68.0 Å². The number of rotatable bonds is 1. The van der Waals surface area contributed by atoms with E-state index in [0.29, 0.717) is 11.3 Å². The van der Waals surface area contributed by atoms with Crippen LogP contribution in [0.15, 0.2) is 57.8 Å². The molecule has 26 heavy (non-hydrogen) atoms. The standard InChI is InChI=1S/C25H31I/c1-25(2)23-14-19(18-8-7-16-5-3-4-6-17(16)13-18)9-11-21(23)22-12-10-20(26)15-24(22)25/h3-6,9-12,16-19,21,23-24H,7-8,13-15H2,1-2H3/t16?,17?,18?,19-,21?,23-,24?/m0/s1. The summed E-state index contributed by atoms with van der Waals surface area (Å²) in [4.78, 5) is 0. The summed E-state index contributed by atoms with van der Waals surface area (Å²) in [5.41, 5.74) is 2.17. The number of hydrogen-bond donors (Lipinski definition) is 0. The Balaban J connectivity index is 1.37. The highest BCUT2D eigenvalue weighted by Crippen LogP contribution is 2.62. The molecule has 0 bridgehead atoms. The molecule has 0 aromatic rings. The molecule has 2 saturated carbocycles. The molecule has 5 unspecified atom stereocenters. The molecule has 0 aliphatic heterocycles. The average molecular weight is 458 g/mol. The number of hydrogen-bond acceptors (Lipinski definition) is 0. The monoisotopic (exact) mass is 458 g/mol. The van der Waals surface area contributed by atoms with E-state index < -0.39 is 0 Å². The fourth-order valence-corrected chi connectivity index (χ4v) is 7.50. The van der Waals surface area contributed by atoms with Crippen molar-refractivity contribution in [3.05, 3.63) is 57.8 Å². The summed E-state index contributed by atoms with van der Waals surface area (Å²) in [7, 11) is 0. The van der Waals surface area contributed by atoms with Crippen molar-refractivity contribution in [1.82, 2.24) is 0 Å². The normalized spacial score (nSPS) is 45.4. The van der Waals surface area contributed by atoms with Gasteiger partial charge in [0.2, 0.25) is 0 Å². The molecule has 5 aliphatic carbocycles. The van der Waals surface area contributed by atoms with Crippen molar-refractivity contribution in [1.29, 1.82) is 0 Å². The highest BCUT2D eigenvalue weighted by molar-refractivity contribution is 14.1. The van der Waals surface area contributed by atoms with Gasteiger partial charge in [-0.05, 0) is 99.2 Å². The topological polar surface area (TPSA) is 0 Å². The van der Waals surface area contributed by atoms with Crippen molar-refractivity contribution >= 4 is 22.6 Å². The van der Waals surface area contributed by atoms with Crippen LogP contribution in [0, 0.1) is 46.8 Å². The molecule has 0 aromatic carbocycles. The van der Waals surface area contributed by atoms with Gasteiger partial charge in [0.15, 0.2) is 0 Å². The molecule has 5 rings (SSSR count). The first-order valence-corrected chi connectivity index (χ1v) is 11.7. The van der Waals surface area contributed by atoms with Gasteiger partial charge in [-0.3, -0.25) is 0 Å². The minimum absolute atomic E-state index is 0.439. The van der Waals surface area contributed by atoms with E-state index in [2.05, 4.69) is 85.0 Å².